The third-order valence-electron chi connectivity index (χ3n) is 5.64. The third kappa shape index (κ3) is 2.85. The molecule has 3 aromatic rings. The van der Waals surface area contributed by atoms with Gasteiger partial charge in [-0.3, -0.25) is 9.59 Å². The lowest BCUT2D eigenvalue weighted by Gasteiger charge is -2.31. The van der Waals surface area contributed by atoms with Gasteiger partial charge in [0.2, 0.25) is 11.7 Å². The molecule has 0 saturated carbocycles. The number of rotatable bonds is 2. The van der Waals surface area contributed by atoms with E-state index in [-0.39, 0.29) is 34.1 Å². The highest BCUT2D eigenvalue weighted by molar-refractivity contribution is 6.27. The molecule has 1 aliphatic heterocycles. The number of allylic oxidation sites excluding steroid dienone is 3. The zero-order chi connectivity index (χ0) is 21.5. The fourth-order valence-electron chi connectivity index (χ4n) is 4.14. The van der Waals surface area contributed by atoms with E-state index in [1.54, 1.807) is 24.3 Å². The van der Waals surface area contributed by atoms with Crippen molar-refractivity contribution >= 4 is 11.6 Å². The van der Waals surface area contributed by atoms with E-state index in [4.69, 9.17) is 10.5 Å². The quantitative estimate of drug-likeness (QED) is 0.679. The van der Waals surface area contributed by atoms with Gasteiger partial charge in [-0.1, -0.05) is 78.9 Å². The van der Waals surface area contributed by atoms with Crippen LogP contribution >= 0.6 is 0 Å². The predicted octanol–water partition coefficient (Wildman–Crippen LogP) is 4.49. The molecule has 2 aliphatic rings. The molecule has 1 unspecified atom stereocenters. The fourth-order valence-corrected chi connectivity index (χ4v) is 4.14. The number of nitrogens with two attached hydrogens (primary N) is 1. The minimum absolute atomic E-state index is 0.0997. The van der Waals surface area contributed by atoms with Crippen LogP contribution in [0.3, 0.4) is 0 Å². The van der Waals surface area contributed by atoms with Crippen LogP contribution in [0.5, 0.6) is 0 Å². The number of carbonyl (C=O) groups excluding carboxylic acids is 2. The molecule has 31 heavy (non-hydrogen) atoms. The van der Waals surface area contributed by atoms with Crippen LogP contribution in [0.25, 0.3) is 11.1 Å². The highest BCUT2D eigenvalue weighted by Gasteiger charge is 2.43. The second kappa shape index (κ2) is 7.12. The lowest BCUT2D eigenvalue weighted by molar-refractivity contribution is 0.0897. The highest BCUT2D eigenvalue weighted by Crippen LogP contribution is 2.44. The molecular formula is C26H16N2O3. The van der Waals surface area contributed by atoms with Crippen molar-refractivity contribution in [1.29, 1.82) is 5.26 Å². The largest absolute Gasteiger partial charge is 0.436 e. The monoisotopic (exact) mass is 404 g/mol. The third-order valence-corrected chi connectivity index (χ3v) is 5.64. The van der Waals surface area contributed by atoms with Gasteiger partial charge in [0, 0.05) is 11.1 Å². The van der Waals surface area contributed by atoms with Gasteiger partial charge in [0.1, 0.15) is 11.6 Å². The molecule has 1 atom stereocenters. The molecule has 5 nitrogen and oxygen atoms in total. The van der Waals surface area contributed by atoms with E-state index < -0.39 is 11.7 Å². The van der Waals surface area contributed by atoms with Crippen LogP contribution in [-0.2, 0) is 4.74 Å². The number of benzene rings is 3. The summed E-state index contributed by atoms with van der Waals surface area (Å²) in [7, 11) is 0. The van der Waals surface area contributed by atoms with Gasteiger partial charge in [0.15, 0.2) is 11.5 Å². The second-order valence-electron chi connectivity index (χ2n) is 7.36. The summed E-state index contributed by atoms with van der Waals surface area (Å²) in [6.07, 6.45) is 0. The first-order valence-corrected chi connectivity index (χ1v) is 9.75. The molecule has 0 radical (unpaired) electrons. The summed E-state index contributed by atoms with van der Waals surface area (Å²) in [4.78, 5) is 26.4. The van der Waals surface area contributed by atoms with Crippen LogP contribution in [0, 0.1) is 11.3 Å². The van der Waals surface area contributed by atoms with Crippen LogP contribution in [0.1, 0.15) is 32.2 Å². The van der Waals surface area contributed by atoms with Gasteiger partial charge < -0.3 is 10.5 Å². The summed E-state index contributed by atoms with van der Waals surface area (Å²) in [5, 5.41) is 9.78. The average molecular weight is 404 g/mol. The van der Waals surface area contributed by atoms with Crippen LogP contribution < -0.4 is 5.73 Å². The minimum atomic E-state index is -0.775. The Bertz CT molecular complexity index is 1340. The van der Waals surface area contributed by atoms with Crippen LogP contribution in [0.15, 0.2) is 102 Å². The molecule has 1 aliphatic carbocycles. The Hall–Kier alpha value is -4.43. The van der Waals surface area contributed by atoms with Gasteiger partial charge in [-0.25, -0.2) is 0 Å². The summed E-state index contributed by atoms with van der Waals surface area (Å²) < 4.78 is 5.52. The molecule has 3 aromatic carbocycles. The van der Waals surface area contributed by atoms with Gasteiger partial charge in [0.25, 0.3) is 0 Å². The molecule has 2 N–H and O–H groups in total. The Labute approximate surface area is 178 Å². The van der Waals surface area contributed by atoms with E-state index in [2.05, 4.69) is 6.07 Å². The number of hydrogen-bond donors (Lipinski definition) is 1. The predicted molar refractivity (Wildman–Crippen MR) is 115 cm³/mol. The molecule has 0 amide bonds. The van der Waals surface area contributed by atoms with Crippen molar-refractivity contribution in [2.45, 2.75) is 5.92 Å². The summed E-state index contributed by atoms with van der Waals surface area (Å²) in [6, 6.07) is 26.1. The number of nitriles is 1. The number of Topliss-reactive ketones (excluding diaryl/α,β-unsaturated/α-hetero) is 2. The van der Waals surface area contributed by atoms with Crippen LogP contribution in [-0.4, -0.2) is 11.6 Å². The topological polar surface area (TPSA) is 93.2 Å². The first-order chi connectivity index (χ1) is 15.1. The smallest absolute Gasteiger partial charge is 0.229 e. The van der Waals surface area contributed by atoms with E-state index in [0.717, 1.165) is 11.1 Å². The van der Waals surface area contributed by atoms with E-state index in [1.165, 1.54) is 0 Å². The molecule has 0 bridgehead atoms. The molecule has 5 rings (SSSR count). The minimum Gasteiger partial charge on any atom is -0.436 e. The lowest BCUT2D eigenvalue weighted by Crippen LogP contribution is -2.32. The molecule has 0 saturated heterocycles. The van der Waals surface area contributed by atoms with Gasteiger partial charge in [-0.05, 0) is 16.7 Å². The van der Waals surface area contributed by atoms with Gasteiger partial charge in [-0.2, -0.15) is 5.26 Å². The summed E-state index contributed by atoms with van der Waals surface area (Å²) in [6.45, 7) is 0. The van der Waals surface area contributed by atoms with E-state index in [0.29, 0.717) is 11.1 Å². The maximum absolute atomic E-state index is 13.4. The lowest BCUT2D eigenvalue weighted by atomic mass is 9.75. The molecule has 0 aromatic heterocycles. The first-order valence-electron chi connectivity index (χ1n) is 9.75. The zero-order valence-electron chi connectivity index (χ0n) is 16.3. The summed E-state index contributed by atoms with van der Waals surface area (Å²) in [5.41, 5.74) is 9.60. The standard InChI is InChI=1S/C26H16N2O3/c27-14-20-21(17-12-10-16(11-13-17)15-6-2-1-3-7-15)22-23(29)18-8-4-5-9-19(18)24(30)25(22)31-26(20)28/h1-13,21H,28H2. The number of ether oxygens (including phenoxy) is 1. The SMILES string of the molecule is N#CC1=C(N)OC2=C(C(=O)c3ccccc3C2=O)C1c1ccc(-c2ccccc2)cc1. The highest BCUT2D eigenvalue weighted by atomic mass is 16.5. The Morgan fingerprint density at radius 2 is 1.35 bits per heavy atom. The summed E-state index contributed by atoms with van der Waals surface area (Å²) >= 11 is 0. The van der Waals surface area contributed by atoms with Gasteiger partial charge in [0.05, 0.1) is 11.5 Å². The number of nitrogens with zero attached hydrogens (tertiary/aromatic N) is 1. The molecule has 148 valence electrons. The van der Waals surface area contributed by atoms with E-state index in [1.807, 2.05) is 54.6 Å². The Balaban J connectivity index is 1.66. The molecule has 1 heterocycles. The van der Waals surface area contributed by atoms with Crippen LogP contribution in [0.4, 0.5) is 0 Å². The molecule has 0 fully saturated rings. The van der Waals surface area contributed by atoms with Gasteiger partial charge >= 0.3 is 0 Å². The van der Waals surface area contributed by atoms with Gasteiger partial charge in [-0.15, -0.1) is 0 Å². The van der Waals surface area contributed by atoms with Crippen molar-refractivity contribution in [3.05, 3.63) is 118 Å². The first kappa shape index (κ1) is 18.6. The molecular weight excluding hydrogens is 388 g/mol. The van der Waals surface area contributed by atoms with Crippen molar-refractivity contribution in [2.24, 2.45) is 5.73 Å². The maximum atomic E-state index is 13.4. The van der Waals surface area contributed by atoms with E-state index >= 15 is 0 Å². The normalized spacial score (nSPS) is 17.6. The van der Waals surface area contributed by atoms with E-state index in [9.17, 15) is 14.9 Å². The fraction of sp³-hybridized carbons (Fsp3) is 0.0385. The van der Waals surface area contributed by atoms with Crippen molar-refractivity contribution < 1.29 is 14.3 Å². The Morgan fingerprint density at radius 3 is 2.00 bits per heavy atom. The number of carbonyl (C=O) groups is 2. The van der Waals surface area contributed by atoms with Crippen molar-refractivity contribution in [2.75, 3.05) is 0 Å². The average Bonchev–Trinajstić information content (AvgIpc) is 2.82. The number of ketones is 2. The van der Waals surface area contributed by atoms with Crippen LogP contribution in [0.2, 0.25) is 0 Å². The number of fused-ring (bicyclic) bond motifs is 1. The maximum Gasteiger partial charge on any atom is 0.229 e. The van der Waals surface area contributed by atoms with Crippen molar-refractivity contribution in [3.63, 3.8) is 0 Å². The number of hydrogen-bond acceptors (Lipinski definition) is 5. The molecule has 0 spiro atoms. The molecule has 5 heteroatoms. The van der Waals surface area contributed by atoms with Crippen molar-refractivity contribution in [3.8, 4) is 17.2 Å². The zero-order valence-corrected chi connectivity index (χ0v) is 16.3. The second-order valence-corrected chi connectivity index (χ2v) is 7.36. The Kier molecular flexibility index (Phi) is 4.27. The van der Waals surface area contributed by atoms with Crippen molar-refractivity contribution in [1.82, 2.24) is 0 Å². The summed E-state index contributed by atoms with van der Waals surface area (Å²) in [5.74, 6) is -1.77. The Morgan fingerprint density at radius 1 is 0.774 bits per heavy atom.